The summed E-state index contributed by atoms with van der Waals surface area (Å²) in [4.78, 5) is 13.5. The summed E-state index contributed by atoms with van der Waals surface area (Å²) in [5.74, 6) is -0.409. The minimum Gasteiger partial charge on any atom is -0.329 e. The number of hydrogen-bond donors (Lipinski definition) is 2. The lowest BCUT2D eigenvalue weighted by molar-refractivity contribution is -0.897. The Morgan fingerprint density at radius 3 is 2.59 bits per heavy atom. The molecular weight excluding hydrogens is 386 g/mol. The van der Waals surface area contributed by atoms with Crippen molar-refractivity contribution in [3.8, 4) is 0 Å². The maximum Gasteiger partial charge on any atom is 0.243 e. The third-order valence-corrected chi connectivity index (χ3v) is 7.62. The number of carbonyl (C=O) groups excluding carboxylic acids is 1. The monoisotopic (exact) mass is 412 g/mol. The standard InChI is InChI=1S/C22H25N3O3S/c1-17-20-16-19(9-10-21(20)23-22(17)26)29(27,28)25-14-12-24(13-15-25)11-5-8-18-6-3-2-4-7-18/h2-10,16-17H,11-15H2,1H3,(H,23,26)/p+1/b8-5+/t17-/m1/s1. The average molecular weight is 413 g/mol. The van der Waals surface area contributed by atoms with Crippen molar-refractivity contribution in [2.45, 2.75) is 17.7 Å². The van der Waals surface area contributed by atoms with Crippen molar-refractivity contribution < 1.29 is 18.1 Å². The van der Waals surface area contributed by atoms with Gasteiger partial charge in [-0.05, 0) is 42.3 Å². The molecule has 6 nitrogen and oxygen atoms in total. The molecule has 4 rings (SSSR count). The number of amides is 1. The molecule has 0 aromatic heterocycles. The fourth-order valence-electron chi connectivity index (χ4n) is 3.88. The quantitative estimate of drug-likeness (QED) is 0.779. The second kappa shape index (κ2) is 8.10. The number of quaternary nitrogens is 1. The van der Waals surface area contributed by atoms with Crippen molar-refractivity contribution in [2.75, 3.05) is 38.0 Å². The highest BCUT2D eigenvalue weighted by Crippen LogP contribution is 2.34. The Balaban J connectivity index is 1.38. The molecule has 2 aliphatic rings. The molecule has 1 atom stereocenters. The third kappa shape index (κ3) is 4.12. The summed E-state index contributed by atoms with van der Waals surface area (Å²) in [6.07, 6.45) is 4.26. The minimum absolute atomic E-state index is 0.0877. The first kappa shape index (κ1) is 19.8. The SMILES string of the molecule is C[C@H]1C(=O)Nc2ccc(S(=O)(=O)N3CC[NH+](C/C=C/c4ccccc4)CC3)cc21. The molecule has 2 aromatic rings. The van der Waals surface area contributed by atoms with Gasteiger partial charge in [-0.25, -0.2) is 8.42 Å². The molecular formula is C22H26N3O3S+. The van der Waals surface area contributed by atoms with E-state index in [4.69, 9.17) is 0 Å². The first-order valence-electron chi connectivity index (χ1n) is 9.95. The number of hydrogen-bond acceptors (Lipinski definition) is 3. The van der Waals surface area contributed by atoms with E-state index >= 15 is 0 Å². The molecule has 1 saturated heterocycles. The number of nitrogens with zero attached hydrogens (tertiary/aromatic N) is 1. The Hall–Kier alpha value is -2.48. The molecule has 152 valence electrons. The van der Waals surface area contributed by atoms with E-state index in [2.05, 4.69) is 29.6 Å². The summed E-state index contributed by atoms with van der Waals surface area (Å²) in [5.41, 5.74) is 2.64. The summed E-state index contributed by atoms with van der Waals surface area (Å²) in [5, 5.41) is 2.79. The van der Waals surface area contributed by atoms with Crippen molar-refractivity contribution in [1.82, 2.24) is 4.31 Å². The maximum atomic E-state index is 13.1. The highest BCUT2D eigenvalue weighted by molar-refractivity contribution is 7.89. The van der Waals surface area contributed by atoms with E-state index in [0.29, 0.717) is 18.8 Å². The van der Waals surface area contributed by atoms with Gasteiger partial charge in [0, 0.05) is 5.69 Å². The van der Waals surface area contributed by atoms with Gasteiger partial charge in [-0.15, -0.1) is 0 Å². The molecule has 2 aliphatic heterocycles. The number of rotatable bonds is 5. The van der Waals surface area contributed by atoms with Crippen molar-refractivity contribution in [3.63, 3.8) is 0 Å². The van der Waals surface area contributed by atoms with Gasteiger partial charge < -0.3 is 10.2 Å². The molecule has 2 N–H and O–H groups in total. The number of piperazine rings is 1. The van der Waals surface area contributed by atoms with Gasteiger partial charge in [-0.2, -0.15) is 4.31 Å². The van der Waals surface area contributed by atoms with Crippen molar-refractivity contribution in [3.05, 3.63) is 65.7 Å². The van der Waals surface area contributed by atoms with E-state index in [1.807, 2.05) is 18.2 Å². The molecule has 0 saturated carbocycles. The van der Waals surface area contributed by atoms with Gasteiger partial charge in [-0.1, -0.05) is 36.4 Å². The zero-order chi connectivity index (χ0) is 20.4. The van der Waals surface area contributed by atoms with Crippen LogP contribution in [0.3, 0.4) is 0 Å². The van der Waals surface area contributed by atoms with E-state index in [1.54, 1.807) is 29.4 Å². The summed E-state index contributed by atoms with van der Waals surface area (Å²) in [7, 11) is -3.55. The van der Waals surface area contributed by atoms with Gasteiger partial charge in [0.05, 0.1) is 43.5 Å². The van der Waals surface area contributed by atoms with Crippen LogP contribution >= 0.6 is 0 Å². The Labute approximate surface area is 171 Å². The molecule has 0 aliphatic carbocycles. The highest BCUT2D eigenvalue weighted by Gasteiger charge is 2.33. The molecule has 0 unspecified atom stereocenters. The van der Waals surface area contributed by atoms with Crippen molar-refractivity contribution in [1.29, 1.82) is 0 Å². The van der Waals surface area contributed by atoms with E-state index in [0.717, 1.165) is 25.2 Å². The molecule has 1 fully saturated rings. The van der Waals surface area contributed by atoms with Crippen LogP contribution in [0.15, 0.2) is 59.5 Å². The minimum atomic E-state index is -3.55. The van der Waals surface area contributed by atoms with Gasteiger partial charge in [0.15, 0.2) is 0 Å². The Morgan fingerprint density at radius 1 is 1.14 bits per heavy atom. The fraction of sp³-hybridized carbons (Fsp3) is 0.318. The van der Waals surface area contributed by atoms with Crippen LogP contribution < -0.4 is 10.2 Å². The first-order chi connectivity index (χ1) is 13.9. The summed E-state index contributed by atoms with van der Waals surface area (Å²) in [6, 6.07) is 15.1. The fourth-order valence-corrected chi connectivity index (χ4v) is 5.35. The van der Waals surface area contributed by atoms with Gasteiger partial charge in [-0.3, -0.25) is 4.79 Å². The normalized spacial score (nSPS) is 20.7. The van der Waals surface area contributed by atoms with Crippen molar-refractivity contribution >= 4 is 27.7 Å². The predicted octanol–water partition coefficient (Wildman–Crippen LogP) is 1.34. The van der Waals surface area contributed by atoms with Crippen LogP contribution in [0.25, 0.3) is 6.08 Å². The number of sulfonamides is 1. The van der Waals surface area contributed by atoms with E-state index in [9.17, 15) is 13.2 Å². The van der Waals surface area contributed by atoms with Gasteiger partial charge >= 0.3 is 0 Å². The number of nitrogens with one attached hydrogen (secondary N) is 2. The molecule has 7 heteroatoms. The lowest BCUT2D eigenvalue weighted by atomic mass is 10.0. The van der Waals surface area contributed by atoms with Crippen LogP contribution in [0.4, 0.5) is 5.69 Å². The summed E-state index contributed by atoms with van der Waals surface area (Å²) >= 11 is 0. The molecule has 0 bridgehead atoms. The van der Waals surface area contributed by atoms with Crippen LogP contribution in [0.2, 0.25) is 0 Å². The maximum absolute atomic E-state index is 13.1. The lowest BCUT2D eigenvalue weighted by Crippen LogP contribution is -3.14. The van der Waals surface area contributed by atoms with Crippen LogP contribution in [0.5, 0.6) is 0 Å². The van der Waals surface area contributed by atoms with E-state index < -0.39 is 10.0 Å². The number of carbonyl (C=O) groups is 1. The summed E-state index contributed by atoms with van der Waals surface area (Å²) < 4.78 is 27.7. The van der Waals surface area contributed by atoms with Crippen LogP contribution in [-0.4, -0.2) is 51.4 Å². The number of anilines is 1. The Morgan fingerprint density at radius 2 is 1.86 bits per heavy atom. The van der Waals surface area contributed by atoms with E-state index in [-0.39, 0.29) is 16.7 Å². The van der Waals surface area contributed by atoms with Crippen molar-refractivity contribution in [2.24, 2.45) is 0 Å². The van der Waals surface area contributed by atoms with Gasteiger partial charge in [0.25, 0.3) is 0 Å². The summed E-state index contributed by atoms with van der Waals surface area (Å²) in [6.45, 7) is 5.23. The first-order valence-corrected chi connectivity index (χ1v) is 11.4. The zero-order valence-electron chi connectivity index (χ0n) is 16.5. The largest absolute Gasteiger partial charge is 0.329 e. The lowest BCUT2D eigenvalue weighted by Gasteiger charge is -2.31. The molecule has 1 amide bonds. The number of benzene rings is 2. The predicted molar refractivity (Wildman–Crippen MR) is 113 cm³/mol. The number of fused-ring (bicyclic) bond motifs is 1. The highest BCUT2D eigenvalue weighted by atomic mass is 32.2. The molecule has 0 spiro atoms. The third-order valence-electron chi connectivity index (χ3n) is 5.72. The Kier molecular flexibility index (Phi) is 5.54. The molecule has 2 heterocycles. The molecule has 0 radical (unpaired) electrons. The topological polar surface area (TPSA) is 70.9 Å². The van der Waals surface area contributed by atoms with Gasteiger partial charge in [0.2, 0.25) is 15.9 Å². The van der Waals surface area contributed by atoms with Gasteiger partial charge in [0.1, 0.15) is 0 Å². The van der Waals surface area contributed by atoms with Crippen LogP contribution in [-0.2, 0) is 14.8 Å². The molecule has 2 aromatic carbocycles. The second-order valence-corrected chi connectivity index (χ2v) is 9.57. The Bertz CT molecular complexity index is 1030. The zero-order valence-corrected chi connectivity index (χ0v) is 17.3. The average Bonchev–Trinajstić information content (AvgIpc) is 3.02. The van der Waals surface area contributed by atoms with E-state index in [1.165, 1.54) is 10.5 Å². The van der Waals surface area contributed by atoms with Crippen LogP contribution in [0.1, 0.15) is 24.0 Å². The van der Waals surface area contributed by atoms with Crippen LogP contribution in [0, 0.1) is 0 Å². The smallest absolute Gasteiger partial charge is 0.243 e. The second-order valence-electron chi connectivity index (χ2n) is 7.63. The molecule has 29 heavy (non-hydrogen) atoms.